The summed E-state index contributed by atoms with van der Waals surface area (Å²) in [5, 5.41) is 14.4. The van der Waals surface area contributed by atoms with Crippen LogP contribution in [0.5, 0.6) is 11.5 Å². The van der Waals surface area contributed by atoms with E-state index < -0.39 is 0 Å². The molecule has 1 aromatic heterocycles. The van der Waals surface area contributed by atoms with Crippen molar-refractivity contribution in [2.75, 3.05) is 33.4 Å². The summed E-state index contributed by atoms with van der Waals surface area (Å²) in [4.78, 5) is 2.41. The van der Waals surface area contributed by atoms with Crippen molar-refractivity contribution in [3.63, 3.8) is 0 Å². The number of methoxy groups -OCH3 is 1. The molecule has 2 heterocycles. The van der Waals surface area contributed by atoms with Crippen LogP contribution in [0, 0.1) is 17.1 Å². The quantitative estimate of drug-likeness (QED) is 0.535. The highest BCUT2D eigenvalue weighted by Crippen LogP contribution is 2.33. The minimum Gasteiger partial charge on any atom is -0.493 e. The van der Waals surface area contributed by atoms with Crippen LogP contribution in [0.4, 0.5) is 4.39 Å². The van der Waals surface area contributed by atoms with Gasteiger partial charge in [-0.3, -0.25) is 0 Å². The lowest BCUT2D eigenvalue weighted by Gasteiger charge is -2.31. The Hall–Kier alpha value is -3.11. The standard InChI is InChI=1S/C23H24FN3O3/c1-28-20-5-2-4-17(15-25)23(20)29-13-3-10-27-11-8-16(9-12-27)22-19-7-6-18(24)14-21(19)30-26-22/h2,4-7,14,16H,3,8-13H2,1H3. The molecule has 0 saturated carbocycles. The number of aromatic nitrogens is 1. The van der Waals surface area contributed by atoms with Gasteiger partial charge in [0.1, 0.15) is 11.9 Å². The molecular formula is C23H24FN3O3. The van der Waals surface area contributed by atoms with Gasteiger partial charge in [0.05, 0.1) is 25.0 Å². The van der Waals surface area contributed by atoms with E-state index in [0.29, 0.717) is 35.2 Å². The van der Waals surface area contributed by atoms with Crippen LogP contribution in [-0.2, 0) is 0 Å². The normalized spacial score (nSPS) is 15.2. The van der Waals surface area contributed by atoms with Gasteiger partial charge in [0.25, 0.3) is 0 Å². The summed E-state index contributed by atoms with van der Waals surface area (Å²) >= 11 is 0. The monoisotopic (exact) mass is 409 g/mol. The molecule has 2 aromatic carbocycles. The second-order valence-corrected chi connectivity index (χ2v) is 7.47. The van der Waals surface area contributed by atoms with E-state index in [1.54, 1.807) is 31.4 Å². The fourth-order valence-corrected chi connectivity index (χ4v) is 4.03. The van der Waals surface area contributed by atoms with Crippen LogP contribution >= 0.6 is 0 Å². The third-order valence-electron chi connectivity index (χ3n) is 5.62. The summed E-state index contributed by atoms with van der Waals surface area (Å²) in [5.41, 5.74) is 1.93. The fraction of sp³-hybridized carbons (Fsp3) is 0.391. The predicted octanol–water partition coefficient (Wildman–Crippen LogP) is 4.50. The summed E-state index contributed by atoms with van der Waals surface area (Å²) in [5.74, 6) is 1.11. The Morgan fingerprint density at radius 1 is 1.27 bits per heavy atom. The molecule has 0 amide bonds. The lowest BCUT2D eigenvalue weighted by Crippen LogP contribution is -2.34. The van der Waals surface area contributed by atoms with Gasteiger partial charge in [-0.25, -0.2) is 4.39 Å². The summed E-state index contributed by atoms with van der Waals surface area (Å²) in [6.45, 7) is 3.39. The molecule has 1 aliphatic heterocycles. The zero-order valence-electron chi connectivity index (χ0n) is 16.9. The first-order valence-electron chi connectivity index (χ1n) is 10.2. The molecule has 0 N–H and O–H groups in total. The summed E-state index contributed by atoms with van der Waals surface area (Å²) < 4.78 is 29.8. The molecule has 7 heteroatoms. The zero-order valence-corrected chi connectivity index (χ0v) is 16.9. The molecular weight excluding hydrogens is 385 g/mol. The van der Waals surface area contributed by atoms with Crippen molar-refractivity contribution in [1.82, 2.24) is 10.1 Å². The van der Waals surface area contributed by atoms with E-state index in [4.69, 9.17) is 14.0 Å². The van der Waals surface area contributed by atoms with E-state index in [9.17, 15) is 9.65 Å². The lowest BCUT2D eigenvalue weighted by atomic mass is 9.91. The van der Waals surface area contributed by atoms with Crippen LogP contribution < -0.4 is 9.47 Å². The van der Waals surface area contributed by atoms with Crippen molar-refractivity contribution in [2.24, 2.45) is 0 Å². The molecule has 0 spiro atoms. The number of rotatable bonds is 7. The van der Waals surface area contributed by atoms with E-state index in [2.05, 4.69) is 16.1 Å². The molecule has 1 aliphatic rings. The van der Waals surface area contributed by atoms with Gasteiger partial charge >= 0.3 is 0 Å². The number of likely N-dealkylation sites (tertiary alicyclic amines) is 1. The van der Waals surface area contributed by atoms with E-state index in [1.165, 1.54) is 12.1 Å². The van der Waals surface area contributed by atoms with Gasteiger partial charge < -0.3 is 18.9 Å². The molecule has 4 rings (SSSR count). The molecule has 1 fully saturated rings. The number of nitrogens with zero attached hydrogens (tertiary/aromatic N) is 3. The van der Waals surface area contributed by atoms with Crippen LogP contribution in [0.25, 0.3) is 11.0 Å². The average molecular weight is 409 g/mol. The third kappa shape index (κ3) is 4.24. The van der Waals surface area contributed by atoms with Gasteiger partial charge in [-0.05, 0) is 56.6 Å². The van der Waals surface area contributed by atoms with Gasteiger partial charge in [-0.1, -0.05) is 11.2 Å². The van der Waals surface area contributed by atoms with E-state index in [-0.39, 0.29) is 5.82 Å². The van der Waals surface area contributed by atoms with Gasteiger partial charge in [-0.2, -0.15) is 5.26 Å². The first-order valence-corrected chi connectivity index (χ1v) is 10.2. The van der Waals surface area contributed by atoms with Crippen molar-refractivity contribution >= 4 is 11.0 Å². The Labute approximate surface area is 174 Å². The Bertz CT molecular complexity index is 1050. The Morgan fingerprint density at radius 3 is 2.87 bits per heavy atom. The summed E-state index contributed by atoms with van der Waals surface area (Å²) in [6, 6.07) is 12.0. The van der Waals surface area contributed by atoms with E-state index >= 15 is 0 Å². The lowest BCUT2D eigenvalue weighted by molar-refractivity contribution is 0.189. The molecule has 156 valence electrons. The topological polar surface area (TPSA) is 71.5 Å². The van der Waals surface area contributed by atoms with Crippen molar-refractivity contribution in [3.05, 3.63) is 53.5 Å². The molecule has 6 nitrogen and oxygen atoms in total. The van der Waals surface area contributed by atoms with Crippen LogP contribution in [0.1, 0.15) is 36.4 Å². The van der Waals surface area contributed by atoms with Gasteiger partial charge in [0, 0.05) is 23.9 Å². The minimum atomic E-state index is -0.308. The van der Waals surface area contributed by atoms with Crippen LogP contribution in [0.2, 0.25) is 0 Å². The number of hydrogen-bond acceptors (Lipinski definition) is 6. The minimum absolute atomic E-state index is 0.308. The average Bonchev–Trinajstić information content (AvgIpc) is 3.20. The highest BCUT2D eigenvalue weighted by Gasteiger charge is 2.25. The maximum Gasteiger partial charge on any atom is 0.178 e. The van der Waals surface area contributed by atoms with Crippen molar-refractivity contribution < 1.29 is 18.4 Å². The molecule has 0 aliphatic carbocycles. The summed E-state index contributed by atoms with van der Waals surface area (Å²) in [7, 11) is 1.57. The highest BCUT2D eigenvalue weighted by molar-refractivity contribution is 5.79. The van der Waals surface area contributed by atoms with Crippen molar-refractivity contribution in [2.45, 2.75) is 25.2 Å². The van der Waals surface area contributed by atoms with Gasteiger partial charge in [0.2, 0.25) is 0 Å². The molecule has 0 radical (unpaired) electrons. The Balaban J connectivity index is 1.26. The Morgan fingerprint density at radius 2 is 2.10 bits per heavy atom. The highest BCUT2D eigenvalue weighted by atomic mass is 19.1. The Kier molecular flexibility index (Phi) is 6.15. The SMILES string of the molecule is COc1cccc(C#N)c1OCCCN1CCC(c2noc3cc(F)ccc23)CC1. The molecule has 0 atom stereocenters. The molecule has 30 heavy (non-hydrogen) atoms. The van der Waals surface area contributed by atoms with Crippen LogP contribution in [0.3, 0.4) is 0 Å². The number of para-hydroxylation sites is 1. The number of piperidine rings is 1. The fourth-order valence-electron chi connectivity index (χ4n) is 4.03. The van der Waals surface area contributed by atoms with Gasteiger partial charge in [-0.15, -0.1) is 0 Å². The maximum atomic E-state index is 13.4. The smallest absolute Gasteiger partial charge is 0.178 e. The molecule has 3 aromatic rings. The first kappa shape index (κ1) is 20.2. The van der Waals surface area contributed by atoms with E-state index in [1.807, 2.05) is 0 Å². The zero-order chi connectivity index (χ0) is 20.9. The summed E-state index contributed by atoms with van der Waals surface area (Å²) in [6.07, 6.45) is 2.84. The maximum absolute atomic E-state index is 13.4. The van der Waals surface area contributed by atoms with Crippen molar-refractivity contribution in [1.29, 1.82) is 5.26 Å². The van der Waals surface area contributed by atoms with Gasteiger partial charge in [0.15, 0.2) is 17.1 Å². The third-order valence-corrected chi connectivity index (χ3v) is 5.62. The van der Waals surface area contributed by atoms with E-state index in [0.717, 1.165) is 50.0 Å². The molecule has 1 saturated heterocycles. The number of ether oxygens (including phenoxy) is 2. The second kappa shape index (κ2) is 9.14. The number of benzene rings is 2. The number of nitriles is 1. The molecule has 0 bridgehead atoms. The number of hydrogen-bond donors (Lipinski definition) is 0. The number of halogens is 1. The second-order valence-electron chi connectivity index (χ2n) is 7.47. The molecule has 0 unspecified atom stereocenters. The van der Waals surface area contributed by atoms with Crippen molar-refractivity contribution in [3.8, 4) is 17.6 Å². The first-order chi connectivity index (χ1) is 14.7. The van der Waals surface area contributed by atoms with Crippen LogP contribution in [0.15, 0.2) is 40.9 Å². The largest absolute Gasteiger partial charge is 0.493 e. The van der Waals surface area contributed by atoms with Crippen LogP contribution in [-0.4, -0.2) is 43.4 Å². The number of fused-ring (bicyclic) bond motifs is 1. The predicted molar refractivity (Wildman–Crippen MR) is 110 cm³/mol.